The summed E-state index contributed by atoms with van der Waals surface area (Å²) in [6, 6.07) is 9.25. The van der Waals surface area contributed by atoms with Gasteiger partial charge in [-0.05, 0) is 52.3 Å². The Hall–Kier alpha value is -4.30. The number of nitrogens with zero attached hydrogens (tertiary/aromatic N) is 6. The molecule has 2 atom stereocenters. The van der Waals surface area contributed by atoms with Crippen LogP contribution in [0.2, 0.25) is 0 Å². The monoisotopic (exact) mass is 518 g/mol. The van der Waals surface area contributed by atoms with Gasteiger partial charge in [-0.2, -0.15) is 10.4 Å². The van der Waals surface area contributed by atoms with Gasteiger partial charge >= 0.3 is 6.09 Å². The molecule has 10 nitrogen and oxygen atoms in total. The van der Waals surface area contributed by atoms with Gasteiger partial charge < -0.3 is 14.7 Å². The van der Waals surface area contributed by atoms with E-state index >= 15 is 0 Å². The van der Waals surface area contributed by atoms with Crippen LogP contribution in [0, 0.1) is 17.1 Å². The largest absolute Gasteiger partial charge is 0.443 e. The molecular formula is C27H27FN6O4. The number of aliphatic hydroxyl groups excluding tert-OH is 1. The van der Waals surface area contributed by atoms with Gasteiger partial charge in [-0.25, -0.2) is 23.8 Å². The highest BCUT2D eigenvalue weighted by atomic mass is 19.1. The van der Waals surface area contributed by atoms with Crippen LogP contribution in [0.4, 0.5) is 15.0 Å². The van der Waals surface area contributed by atoms with Gasteiger partial charge in [-0.1, -0.05) is 6.07 Å². The third-order valence-electron chi connectivity index (χ3n) is 6.67. The third-order valence-corrected chi connectivity index (χ3v) is 6.67. The molecule has 1 saturated heterocycles. The maximum Gasteiger partial charge on any atom is 0.417 e. The van der Waals surface area contributed by atoms with Crippen LogP contribution in [0.3, 0.4) is 0 Å². The van der Waals surface area contributed by atoms with Crippen LogP contribution in [0.15, 0.2) is 36.5 Å². The lowest BCUT2D eigenvalue weighted by atomic mass is 10.0. The third kappa shape index (κ3) is 4.37. The Morgan fingerprint density at radius 1 is 1.26 bits per heavy atom. The molecule has 3 aromatic rings. The van der Waals surface area contributed by atoms with E-state index in [1.165, 1.54) is 28.9 Å². The van der Waals surface area contributed by atoms with Gasteiger partial charge in [0.25, 0.3) is 5.91 Å². The number of rotatable bonds is 3. The van der Waals surface area contributed by atoms with Crippen molar-refractivity contribution in [3.63, 3.8) is 0 Å². The summed E-state index contributed by atoms with van der Waals surface area (Å²) in [6.45, 7) is 7.44. The molecule has 1 N–H and O–H groups in total. The number of ether oxygens (including phenoxy) is 1. The second-order valence-corrected chi connectivity index (χ2v) is 10.4. The van der Waals surface area contributed by atoms with E-state index in [0.29, 0.717) is 18.8 Å². The van der Waals surface area contributed by atoms with Crippen molar-refractivity contribution in [2.24, 2.45) is 0 Å². The lowest BCUT2D eigenvalue weighted by molar-refractivity contribution is 0.0247. The van der Waals surface area contributed by atoms with E-state index in [2.05, 4.69) is 10.1 Å². The van der Waals surface area contributed by atoms with E-state index in [0.717, 1.165) is 4.90 Å². The molecule has 38 heavy (non-hydrogen) atoms. The normalized spacial score (nSPS) is 19.0. The SMILES string of the molecule is C[C@H]1[C@H](O)CCN1c1ccn(-c2cc(-c3c(F)cccc3C#N)nc3c2C(=O)N(C(=O)OC(C)(C)C)C3)n1. The zero-order valence-corrected chi connectivity index (χ0v) is 21.5. The molecule has 0 aliphatic carbocycles. The fraction of sp³-hybridized carbons (Fsp3) is 0.370. The number of aromatic nitrogens is 3. The Balaban J connectivity index is 1.64. The number of pyridine rings is 1. The molecule has 0 bridgehead atoms. The molecule has 0 unspecified atom stereocenters. The van der Waals surface area contributed by atoms with Crippen molar-refractivity contribution in [1.29, 1.82) is 5.26 Å². The Morgan fingerprint density at radius 2 is 2.03 bits per heavy atom. The molecule has 11 heteroatoms. The van der Waals surface area contributed by atoms with E-state index in [9.17, 15) is 24.3 Å². The number of hydrogen-bond donors (Lipinski definition) is 1. The minimum absolute atomic E-state index is 0.00844. The van der Waals surface area contributed by atoms with Crippen molar-refractivity contribution in [2.45, 2.75) is 58.4 Å². The van der Waals surface area contributed by atoms with Crippen LogP contribution in [-0.2, 0) is 11.3 Å². The fourth-order valence-electron chi connectivity index (χ4n) is 4.79. The molecule has 1 aromatic carbocycles. The highest BCUT2D eigenvalue weighted by molar-refractivity contribution is 6.08. The molecule has 4 heterocycles. The number of carbonyl (C=O) groups is 2. The Morgan fingerprint density at radius 3 is 2.68 bits per heavy atom. The topological polar surface area (TPSA) is 125 Å². The zero-order chi connectivity index (χ0) is 27.4. The minimum Gasteiger partial charge on any atom is -0.443 e. The molecular weight excluding hydrogens is 491 g/mol. The van der Waals surface area contributed by atoms with E-state index in [-0.39, 0.29) is 46.4 Å². The predicted octanol–water partition coefficient (Wildman–Crippen LogP) is 3.80. The number of aliphatic hydroxyl groups is 1. The second kappa shape index (κ2) is 9.22. The van der Waals surface area contributed by atoms with E-state index in [4.69, 9.17) is 4.74 Å². The molecule has 0 radical (unpaired) electrons. The van der Waals surface area contributed by atoms with Crippen molar-refractivity contribution < 1.29 is 23.8 Å². The molecule has 2 aliphatic heterocycles. The minimum atomic E-state index is -0.823. The number of imide groups is 1. The first-order chi connectivity index (χ1) is 18.0. The van der Waals surface area contributed by atoms with E-state index < -0.39 is 29.5 Å². The summed E-state index contributed by atoms with van der Waals surface area (Å²) in [5.41, 5.74) is 0.0434. The molecule has 2 amide bonds. The fourth-order valence-corrected chi connectivity index (χ4v) is 4.79. The van der Waals surface area contributed by atoms with Crippen LogP contribution in [0.1, 0.15) is 55.7 Å². The van der Waals surface area contributed by atoms with Gasteiger partial charge in [0.1, 0.15) is 11.4 Å². The predicted molar refractivity (Wildman–Crippen MR) is 135 cm³/mol. The standard InChI is InChI=1S/C27H27FN6O4/c1-15-21(35)8-10-32(15)22-9-11-34(31-22)20-12-18(23-16(13-29)6-5-7-17(23)28)30-19-14-33(25(36)24(19)20)26(37)38-27(2,3)4/h5-7,9,11-12,15,21,35H,8,10,14H2,1-4H3/t15-,21+/m0/s1. The second-order valence-electron chi connectivity index (χ2n) is 10.4. The molecule has 2 aliphatic rings. The first kappa shape index (κ1) is 25.4. The van der Waals surface area contributed by atoms with Gasteiger partial charge in [0.2, 0.25) is 0 Å². The number of carbonyl (C=O) groups excluding carboxylic acids is 2. The van der Waals surface area contributed by atoms with Crippen LogP contribution in [0.5, 0.6) is 0 Å². The number of halogens is 1. The van der Waals surface area contributed by atoms with E-state index in [1.807, 2.05) is 17.9 Å². The van der Waals surface area contributed by atoms with Crippen LogP contribution in [0.25, 0.3) is 16.9 Å². The first-order valence-electron chi connectivity index (χ1n) is 12.3. The lowest BCUT2D eigenvalue weighted by Gasteiger charge is -2.23. The van der Waals surface area contributed by atoms with Crippen molar-refractivity contribution in [3.8, 4) is 23.0 Å². The highest BCUT2D eigenvalue weighted by Crippen LogP contribution is 2.35. The van der Waals surface area contributed by atoms with Gasteiger partial charge in [0, 0.05) is 18.8 Å². The molecule has 5 rings (SSSR count). The average Bonchev–Trinajstić information content (AvgIpc) is 3.55. The van der Waals surface area contributed by atoms with Crippen molar-refractivity contribution in [1.82, 2.24) is 19.7 Å². The van der Waals surface area contributed by atoms with Crippen LogP contribution < -0.4 is 4.90 Å². The van der Waals surface area contributed by atoms with Gasteiger partial charge in [0.05, 0.1) is 58.5 Å². The molecule has 0 spiro atoms. The summed E-state index contributed by atoms with van der Waals surface area (Å²) in [7, 11) is 0. The average molecular weight is 519 g/mol. The number of hydrogen-bond acceptors (Lipinski definition) is 8. The number of amides is 2. The molecule has 0 saturated carbocycles. The Labute approximate surface area is 218 Å². The first-order valence-corrected chi connectivity index (χ1v) is 12.3. The molecule has 2 aromatic heterocycles. The lowest BCUT2D eigenvalue weighted by Crippen LogP contribution is -2.37. The maximum atomic E-state index is 15.0. The zero-order valence-electron chi connectivity index (χ0n) is 21.5. The summed E-state index contributed by atoms with van der Waals surface area (Å²) in [5, 5.41) is 24.4. The van der Waals surface area contributed by atoms with Gasteiger partial charge in [-0.3, -0.25) is 4.79 Å². The molecule has 1 fully saturated rings. The van der Waals surface area contributed by atoms with Gasteiger partial charge in [0.15, 0.2) is 5.82 Å². The van der Waals surface area contributed by atoms with Crippen molar-refractivity contribution >= 4 is 17.8 Å². The van der Waals surface area contributed by atoms with Crippen LogP contribution >= 0.6 is 0 Å². The van der Waals surface area contributed by atoms with Gasteiger partial charge in [-0.15, -0.1) is 0 Å². The number of nitriles is 1. The number of anilines is 1. The summed E-state index contributed by atoms with van der Waals surface area (Å²) >= 11 is 0. The van der Waals surface area contributed by atoms with Crippen LogP contribution in [-0.4, -0.2) is 61.1 Å². The highest BCUT2D eigenvalue weighted by Gasteiger charge is 2.39. The maximum absolute atomic E-state index is 15.0. The van der Waals surface area contributed by atoms with Crippen molar-refractivity contribution in [3.05, 3.63) is 59.2 Å². The van der Waals surface area contributed by atoms with Crippen molar-refractivity contribution in [2.75, 3.05) is 11.4 Å². The summed E-state index contributed by atoms with van der Waals surface area (Å²) in [4.78, 5) is 33.8. The molecule has 196 valence electrons. The summed E-state index contributed by atoms with van der Waals surface area (Å²) < 4.78 is 21.9. The number of benzene rings is 1. The number of fused-ring (bicyclic) bond motifs is 1. The summed E-state index contributed by atoms with van der Waals surface area (Å²) in [5.74, 6) is -0.657. The Bertz CT molecular complexity index is 1490. The Kier molecular flexibility index (Phi) is 6.15. The van der Waals surface area contributed by atoms with E-state index in [1.54, 1.807) is 33.0 Å². The summed E-state index contributed by atoms with van der Waals surface area (Å²) in [6.07, 6.45) is 0.961. The quantitative estimate of drug-likeness (QED) is 0.555. The smallest absolute Gasteiger partial charge is 0.417 e.